The number of aromatic nitrogens is 1. The number of halogens is 2. The average Bonchev–Trinajstić information content (AvgIpc) is 3.98. The van der Waals surface area contributed by atoms with Crippen LogP contribution in [0.2, 0.25) is 10.0 Å². The van der Waals surface area contributed by atoms with Gasteiger partial charge in [-0.25, -0.2) is 0 Å². The van der Waals surface area contributed by atoms with Gasteiger partial charge in [0.25, 0.3) is 5.01 Å². The summed E-state index contributed by atoms with van der Waals surface area (Å²) in [5.74, 6) is 1.17. The molecule has 0 saturated carbocycles. The summed E-state index contributed by atoms with van der Waals surface area (Å²) in [4.78, 5) is 5.91. The third-order valence-corrected chi connectivity index (χ3v) is 14.5. The van der Waals surface area contributed by atoms with Gasteiger partial charge in [-0.1, -0.05) is 125 Å². The van der Waals surface area contributed by atoms with E-state index in [-0.39, 0.29) is 0 Å². The fraction of sp³-hybridized carbons (Fsp3) is 0.170. The molecule has 5 aromatic carbocycles. The predicted molar refractivity (Wildman–Crippen MR) is 252 cm³/mol. The van der Waals surface area contributed by atoms with Crippen LogP contribution in [-0.4, -0.2) is 18.1 Å². The van der Waals surface area contributed by atoms with Gasteiger partial charge in [0, 0.05) is 77.0 Å². The van der Waals surface area contributed by atoms with Crippen molar-refractivity contribution in [3.8, 4) is 11.1 Å². The van der Waals surface area contributed by atoms with Gasteiger partial charge in [0.1, 0.15) is 4.70 Å². The maximum Gasteiger partial charge on any atom is 0.262 e. The van der Waals surface area contributed by atoms with Crippen molar-refractivity contribution in [3.63, 3.8) is 0 Å². The molecule has 0 radical (unpaired) electrons. The number of para-hydroxylation sites is 2. The van der Waals surface area contributed by atoms with Crippen LogP contribution >= 0.6 is 70.4 Å². The highest BCUT2D eigenvalue weighted by atomic mass is 35.5. The molecule has 2 heterocycles. The molecule has 0 unspecified atom stereocenters. The molecule has 0 fully saturated rings. The maximum atomic E-state index is 10.5. The van der Waals surface area contributed by atoms with Crippen LogP contribution in [-0.2, 0) is 25.3 Å². The van der Waals surface area contributed by atoms with Gasteiger partial charge in [0.2, 0.25) is 5.52 Å². The smallest absolute Gasteiger partial charge is 0.262 e. The Morgan fingerprint density at radius 2 is 1.39 bits per heavy atom. The molecular formula is C47H40Cl2N3O6S4-. The molecule has 1 aliphatic carbocycles. The zero-order valence-corrected chi connectivity index (χ0v) is 38.0. The number of hydrogen-bond acceptors (Lipinski definition) is 12. The van der Waals surface area contributed by atoms with E-state index in [1.807, 2.05) is 30.3 Å². The maximum absolute atomic E-state index is 10.5. The van der Waals surface area contributed by atoms with Crippen molar-refractivity contribution in [1.29, 1.82) is 0 Å². The van der Waals surface area contributed by atoms with Crippen LogP contribution in [0.25, 0.3) is 27.4 Å². The van der Waals surface area contributed by atoms with Gasteiger partial charge < -0.3 is 20.3 Å². The minimum atomic E-state index is 0.491. The van der Waals surface area contributed by atoms with Gasteiger partial charge in [0.05, 0.1) is 26.5 Å². The van der Waals surface area contributed by atoms with Crippen molar-refractivity contribution in [2.24, 2.45) is 0 Å². The first-order chi connectivity index (χ1) is 30.5. The molecule has 0 atom stereocenters. The molecule has 9 nitrogen and oxygen atoms in total. The molecule has 1 aromatic heterocycles. The second-order valence-corrected chi connectivity index (χ2v) is 18.7. The Hall–Kier alpha value is -4.06. The predicted octanol–water partition coefficient (Wildman–Crippen LogP) is 12.0. The number of thioether (sulfide) groups is 1. The number of benzene rings is 5. The van der Waals surface area contributed by atoms with E-state index in [1.165, 1.54) is 16.0 Å². The number of allylic oxidation sites excluding steroid dienone is 5. The Balaban J connectivity index is 1.20. The summed E-state index contributed by atoms with van der Waals surface area (Å²) in [6.45, 7) is 1.39. The van der Waals surface area contributed by atoms with Crippen molar-refractivity contribution in [3.05, 3.63) is 176 Å². The average molecular weight is 942 g/mol. The Labute approximate surface area is 387 Å². The van der Waals surface area contributed by atoms with Crippen molar-refractivity contribution in [2.75, 3.05) is 27.9 Å². The molecule has 2 aliphatic rings. The Morgan fingerprint density at radius 3 is 2.08 bits per heavy atom. The number of rotatable bonds is 19. The van der Waals surface area contributed by atoms with Crippen molar-refractivity contribution >= 4 is 104 Å². The third kappa shape index (κ3) is 10.6. The van der Waals surface area contributed by atoms with Crippen molar-refractivity contribution < 1.29 is 33.8 Å². The standard InChI is InChI=1S/C47H41Cl2N3O6S4/c48-39-31-42-44(32-40(39)49)62-46(51(42)27-11-29-60-58-56-54)25-22-35-19-18-34(47(35)52(37-14-6-2-7-15-37)38-16-8-3-9-17-38)21-24-45-50(26-10-28-59-57-55-53)41-30-36(20-23-43(41)61-45)33-12-4-1-5-13-33/h1-9,12-17,20-25,30-32H,10-11,18-19,26-29H2,(H-,53,54)/p-1. The van der Waals surface area contributed by atoms with Gasteiger partial charge in [-0.2, -0.15) is 13.2 Å². The van der Waals surface area contributed by atoms with Gasteiger partial charge >= 0.3 is 0 Å². The highest BCUT2D eigenvalue weighted by molar-refractivity contribution is 8.03. The van der Waals surface area contributed by atoms with Gasteiger partial charge in [-0.05, 0) is 96.2 Å². The highest BCUT2D eigenvalue weighted by Crippen LogP contribution is 2.48. The zero-order chi connectivity index (χ0) is 42.7. The van der Waals surface area contributed by atoms with E-state index in [4.69, 9.17) is 23.2 Å². The van der Waals surface area contributed by atoms with Crippen molar-refractivity contribution in [1.82, 2.24) is 0 Å². The van der Waals surface area contributed by atoms with E-state index in [9.17, 15) is 10.5 Å². The van der Waals surface area contributed by atoms with Gasteiger partial charge in [-0.3, -0.25) is 10.1 Å². The van der Waals surface area contributed by atoms with Gasteiger partial charge in [-0.15, -0.1) is 0 Å². The number of aryl methyl sites for hydroxylation is 1. The summed E-state index contributed by atoms with van der Waals surface area (Å²) in [5.41, 5.74) is 10.1. The molecule has 0 spiro atoms. The molecule has 6 aromatic rings. The minimum Gasteiger partial charge on any atom is -0.691 e. The van der Waals surface area contributed by atoms with Crippen LogP contribution < -0.4 is 24.9 Å². The molecule has 318 valence electrons. The van der Waals surface area contributed by atoms with E-state index < -0.39 is 0 Å². The number of anilines is 3. The Bertz CT molecular complexity index is 2550. The van der Waals surface area contributed by atoms with Crippen molar-refractivity contribution in [2.45, 2.75) is 37.1 Å². The second kappa shape index (κ2) is 22.0. The third-order valence-electron chi connectivity index (χ3n) is 10.4. The highest BCUT2D eigenvalue weighted by Gasteiger charge is 2.29. The summed E-state index contributed by atoms with van der Waals surface area (Å²) in [6, 6.07) is 41.9. The molecule has 15 heteroatoms. The summed E-state index contributed by atoms with van der Waals surface area (Å²) in [6.07, 6.45) is 12.1. The van der Waals surface area contributed by atoms with E-state index >= 15 is 0 Å². The molecule has 0 saturated heterocycles. The topological polar surface area (TPSA) is 93.4 Å². The summed E-state index contributed by atoms with van der Waals surface area (Å²) in [7, 11) is 0. The summed E-state index contributed by atoms with van der Waals surface area (Å²) in [5, 5.41) is 31.1. The lowest BCUT2D eigenvalue weighted by atomic mass is 10.0. The molecule has 62 heavy (non-hydrogen) atoms. The summed E-state index contributed by atoms with van der Waals surface area (Å²) >= 11 is 18.5. The van der Waals surface area contributed by atoms with Crippen LogP contribution in [0.15, 0.2) is 166 Å². The zero-order valence-electron chi connectivity index (χ0n) is 33.2. The SMILES string of the molecule is [O-]OOSCCCN1/C(=C/C=C2\CCC(/C=C/c3sc4cc(Cl)c(Cl)cc4[n+]3CCCSOO[O-])=C2N(c2ccccc2)c2ccccc2)Sc2ccc(-c3ccccc3)cc21. The Morgan fingerprint density at radius 1 is 0.726 bits per heavy atom. The van der Waals surface area contributed by atoms with Crippen LogP contribution in [0.4, 0.5) is 17.1 Å². The molecule has 0 amide bonds. The first-order valence-corrected chi connectivity index (χ1v) is 24.1. The quantitative estimate of drug-likeness (QED) is 0.0255. The van der Waals surface area contributed by atoms with Crippen LogP contribution in [0.5, 0.6) is 0 Å². The van der Waals surface area contributed by atoms with E-state index in [2.05, 4.69) is 148 Å². The molecule has 0 bridgehead atoms. The second-order valence-electron chi connectivity index (χ2n) is 14.2. The first-order valence-electron chi connectivity index (χ1n) is 19.9. The molecule has 8 rings (SSSR count). The first kappa shape index (κ1) is 44.5. The lowest BCUT2D eigenvalue weighted by Crippen LogP contribution is -2.35. The number of nitrogens with zero attached hydrogens (tertiary/aromatic N) is 3. The van der Waals surface area contributed by atoms with Crippen LogP contribution in [0.3, 0.4) is 0 Å². The van der Waals surface area contributed by atoms with E-state index in [1.54, 1.807) is 23.1 Å². The lowest BCUT2D eigenvalue weighted by molar-refractivity contribution is -0.777. The normalized spacial score (nSPS) is 15.3. The Kier molecular flexibility index (Phi) is 15.8. The fourth-order valence-corrected chi connectivity index (χ4v) is 10.9. The van der Waals surface area contributed by atoms with Crippen LogP contribution in [0, 0.1) is 0 Å². The number of thiazole rings is 1. The molecule has 0 N–H and O–H groups in total. The van der Waals surface area contributed by atoms with E-state index in [0.717, 1.165) is 110 Å². The largest absolute Gasteiger partial charge is 0.691 e. The van der Waals surface area contributed by atoms with E-state index in [0.29, 0.717) is 28.1 Å². The fourth-order valence-electron chi connectivity index (χ4n) is 7.62. The van der Waals surface area contributed by atoms with Crippen LogP contribution in [0.1, 0.15) is 30.7 Å². The lowest BCUT2D eigenvalue weighted by Gasteiger charge is -2.28. The van der Waals surface area contributed by atoms with Gasteiger partial charge in [0.15, 0.2) is 6.54 Å². The summed E-state index contributed by atoms with van der Waals surface area (Å²) < 4.78 is 12.4. The number of hydrogen-bond donors (Lipinski definition) is 0. The number of fused-ring (bicyclic) bond motifs is 2. The monoisotopic (exact) mass is 940 g/mol. The molecular weight excluding hydrogens is 902 g/mol. The molecule has 1 aliphatic heterocycles. The minimum absolute atomic E-state index is 0.491.